The molecule has 0 atom stereocenters. The zero-order chi connectivity index (χ0) is 25.8. The Balaban J connectivity index is 3.13. The number of hydrogen-bond acceptors (Lipinski definition) is 6. The molecular weight excluding hydrogens is 432 g/mol. The summed E-state index contributed by atoms with van der Waals surface area (Å²) in [6, 6.07) is 1.61. The van der Waals surface area contributed by atoms with Crippen LogP contribution in [0.4, 0.5) is 0 Å². The molecule has 6 nitrogen and oxygen atoms in total. The number of ether oxygens (including phenoxy) is 3. The maximum atomic E-state index is 11.8. The van der Waals surface area contributed by atoms with E-state index in [1.165, 1.54) is 37.5 Å². The standard InChI is InChI=1S/C28H38O6/c1-18(2)11-9-12-19(3)13-10-14-20(4)15-16-25-21(5)17-26(32-22(6)29)28(34-24(8)31)27(25)33-23(7)30/h11,13,15,17H,9-10,12,14,16H2,1-8H3/b19-13+,20-15+. The van der Waals surface area contributed by atoms with Crippen LogP contribution < -0.4 is 14.2 Å². The molecule has 6 heteroatoms. The second-order valence-corrected chi connectivity index (χ2v) is 8.77. The lowest BCUT2D eigenvalue weighted by molar-refractivity contribution is -0.135. The smallest absolute Gasteiger partial charge is 0.308 e. The highest BCUT2D eigenvalue weighted by Crippen LogP contribution is 2.43. The minimum Gasteiger partial charge on any atom is -0.423 e. The van der Waals surface area contributed by atoms with Gasteiger partial charge in [-0.05, 0) is 78.4 Å². The molecule has 0 unspecified atom stereocenters. The monoisotopic (exact) mass is 470 g/mol. The molecule has 34 heavy (non-hydrogen) atoms. The van der Waals surface area contributed by atoms with E-state index in [2.05, 4.69) is 45.9 Å². The van der Waals surface area contributed by atoms with Crippen molar-refractivity contribution in [1.82, 2.24) is 0 Å². The third-order valence-corrected chi connectivity index (χ3v) is 5.05. The van der Waals surface area contributed by atoms with Crippen LogP contribution in [-0.4, -0.2) is 17.9 Å². The predicted molar refractivity (Wildman–Crippen MR) is 134 cm³/mol. The first kappa shape index (κ1) is 28.9. The molecule has 0 amide bonds. The van der Waals surface area contributed by atoms with Gasteiger partial charge in [-0.3, -0.25) is 14.4 Å². The van der Waals surface area contributed by atoms with Crippen molar-refractivity contribution in [3.05, 3.63) is 52.1 Å². The quantitative estimate of drug-likeness (QED) is 0.203. The normalized spacial score (nSPS) is 11.6. The van der Waals surface area contributed by atoms with Gasteiger partial charge >= 0.3 is 17.9 Å². The fraction of sp³-hybridized carbons (Fsp3) is 0.464. The highest BCUT2D eigenvalue weighted by Gasteiger charge is 2.23. The Morgan fingerprint density at radius 3 is 1.74 bits per heavy atom. The van der Waals surface area contributed by atoms with E-state index in [1.54, 1.807) is 6.07 Å². The molecule has 0 aliphatic heterocycles. The van der Waals surface area contributed by atoms with Gasteiger partial charge < -0.3 is 14.2 Å². The van der Waals surface area contributed by atoms with Crippen molar-refractivity contribution in [3.63, 3.8) is 0 Å². The van der Waals surface area contributed by atoms with Gasteiger partial charge in [0.1, 0.15) is 0 Å². The number of benzene rings is 1. The molecule has 0 radical (unpaired) electrons. The largest absolute Gasteiger partial charge is 0.423 e. The van der Waals surface area contributed by atoms with Crippen molar-refractivity contribution in [2.75, 3.05) is 0 Å². The van der Waals surface area contributed by atoms with Gasteiger partial charge in [0, 0.05) is 26.3 Å². The second-order valence-electron chi connectivity index (χ2n) is 8.77. The summed E-state index contributed by atoms with van der Waals surface area (Å²) in [5.41, 5.74) is 5.36. The molecule has 1 rings (SSSR count). The van der Waals surface area contributed by atoms with Crippen LogP contribution >= 0.6 is 0 Å². The number of aryl methyl sites for hydroxylation is 1. The van der Waals surface area contributed by atoms with E-state index in [0.717, 1.165) is 31.2 Å². The molecule has 0 spiro atoms. The van der Waals surface area contributed by atoms with Crippen LogP contribution in [0.1, 0.15) is 85.3 Å². The zero-order valence-corrected chi connectivity index (χ0v) is 21.8. The van der Waals surface area contributed by atoms with Crippen molar-refractivity contribution in [2.24, 2.45) is 0 Å². The minimum atomic E-state index is -0.616. The molecule has 1 aromatic carbocycles. The Kier molecular flexibility index (Phi) is 12.1. The lowest BCUT2D eigenvalue weighted by atomic mass is 10.00. The van der Waals surface area contributed by atoms with Crippen LogP contribution in [0, 0.1) is 6.92 Å². The molecule has 0 saturated heterocycles. The molecule has 0 aliphatic carbocycles. The number of hydrogen-bond donors (Lipinski definition) is 0. The van der Waals surface area contributed by atoms with Gasteiger partial charge in [-0.1, -0.05) is 34.9 Å². The predicted octanol–water partition coefficient (Wildman–Crippen LogP) is 6.73. The Morgan fingerprint density at radius 1 is 0.706 bits per heavy atom. The Labute approximate surface area is 203 Å². The molecule has 0 N–H and O–H groups in total. The maximum Gasteiger partial charge on any atom is 0.308 e. The molecule has 0 bridgehead atoms. The van der Waals surface area contributed by atoms with Gasteiger partial charge in [0.05, 0.1) is 0 Å². The highest BCUT2D eigenvalue weighted by molar-refractivity contribution is 5.79. The van der Waals surface area contributed by atoms with Crippen LogP contribution in [-0.2, 0) is 20.8 Å². The molecule has 0 saturated carbocycles. The summed E-state index contributed by atoms with van der Waals surface area (Å²) >= 11 is 0. The van der Waals surface area contributed by atoms with E-state index in [-0.39, 0.29) is 17.2 Å². The average molecular weight is 471 g/mol. The van der Waals surface area contributed by atoms with Crippen LogP contribution in [0.2, 0.25) is 0 Å². The lowest BCUT2D eigenvalue weighted by Gasteiger charge is -2.18. The van der Waals surface area contributed by atoms with E-state index in [1.807, 2.05) is 6.92 Å². The first-order valence-corrected chi connectivity index (χ1v) is 11.6. The topological polar surface area (TPSA) is 78.9 Å². The lowest BCUT2D eigenvalue weighted by Crippen LogP contribution is -2.13. The van der Waals surface area contributed by atoms with Gasteiger partial charge in [-0.15, -0.1) is 0 Å². The van der Waals surface area contributed by atoms with E-state index >= 15 is 0 Å². The third kappa shape index (κ3) is 10.6. The molecule has 0 fully saturated rings. The molecule has 0 heterocycles. The summed E-state index contributed by atoms with van der Waals surface area (Å²) in [6.07, 6.45) is 11.1. The first-order valence-electron chi connectivity index (χ1n) is 11.6. The average Bonchev–Trinajstić information content (AvgIpc) is 2.69. The van der Waals surface area contributed by atoms with E-state index in [4.69, 9.17) is 14.2 Å². The van der Waals surface area contributed by atoms with Crippen LogP contribution in [0.15, 0.2) is 41.0 Å². The fourth-order valence-electron chi connectivity index (χ4n) is 3.37. The van der Waals surface area contributed by atoms with E-state index in [0.29, 0.717) is 12.0 Å². The number of carbonyl (C=O) groups is 3. The van der Waals surface area contributed by atoms with Crippen LogP contribution in [0.5, 0.6) is 17.2 Å². The second kappa shape index (κ2) is 14.2. The minimum absolute atomic E-state index is 0.0367. The van der Waals surface area contributed by atoms with Gasteiger partial charge in [-0.25, -0.2) is 0 Å². The van der Waals surface area contributed by atoms with Gasteiger partial charge in [0.25, 0.3) is 0 Å². The van der Waals surface area contributed by atoms with Gasteiger partial charge in [0.2, 0.25) is 5.75 Å². The number of esters is 3. The molecule has 0 aliphatic rings. The summed E-state index contributed by atoms with van der Waals surface area (Å²) in [4.78, 5) is 35.1. The van der Waals surface area contributed by atoms with E-state index < -0.39 is 17.9 Å². The molecule has 0 aromatic heterocycles. The molecular formula is C28H38O6. The molecule has 186 valence electrons. The molecule has 1 aromatic rings. The van der Waals surface area contributed by atoms with Crippen molar-refractivity contribution < 1.29 is 28.6 Å². The van der Waals surface area contributed by atoms with Gasteiger partial charge in [-0.2, -0.15) is 0 Å². The van der Waals surface area contributed by atoms with Gasteiger partial charge in [0.15, 0.2) is 11.5 Å². The summed E-state index contributed by atoms with van der Waals surface area (Å²) in [6.45, 7) is 14.0. The fourth-order valence-corrected chi connectivity index (χ4v) is 3.37. The van der Waals surface area contributed by atoms with Crippen molar-refractivity contribution in [3.8, 4) is 17.2 Å². The number of rotatable bonds is 11. The Hall–Kier alpha value is -3.15. The highest BCUT2D eigenvalue weighted by atomic mass is 16.6. The number of allylic oxidation sites excluding steroid dienone is 6. The Morgan fingerprint density at radius 2 is 1.21 bits per heavy atom. The third-order valence-electron chi connectivity index (χ3n) is 5.05. The maximum absolute atomic E-state index is 11.8. The first-order chi connectivity index (χ1) is 15.9. The summed E-state index contributed by atoms with van der Waals surface area (Å²) in [7, 11) is 0. The van der Waals surface area contributed by atoms with Crippen molar-refractivity contribution in [2.45, 2.75) is 87.5 Å². The number of carbonyl (C=O) groups excluding carboxylic acids is 3. The Bertz CT molecular complexity index is 991. The SMILES string of the molecule is CC(=O)Oc1cc(C)c(C/C=C(\C)CC/C=C(\C)CCC=C(C)C)c(OC(C)=O)c1OC(C)=O. The summed E-state index contributed by atoms with van der Waals surface area (Å²) in [5, 5.41) is 0. The van der Waals surface area contributed by atoms with Crippen molar-refractivity contribution in [1.29, 1.82) is 0 Å². The summed E-state index contributed by atoms with van der Waals surface area (Å²) < 4.78 is 15.9. The van der Waals surface area contributed by atoms with Crippen molar-refractivity contribution >= 4 is 17.9 Å². The zero-order valence-electron chi connectivity index (χ0n) is 21.8. The van der Waals surface area contributed by atoms with Crippen LogP contribution in [0.25, 0.3) is 0 Å². The summed E-state index contributed by atoms with van der Waals surface area (Å²) in [5.74, 6) is -1.69. The van der Waals surface area contributed by atoms with E-state index in [9.17, 15) is 14.4 Å². The van der Waals surface area contributed by atoms with Crippen LogP contribution in [0.3, 0.4) is 0 Å².